The van der Waals surface area contributed by atoms with Crippen LogP contribution in [0.5, 0.6) is 0 Å². The molecule has 0 atom stereocenters. The SMILES string of the molecule is N#CCC1(n2nc(NCC3CC3)c3c(=O)[nH]ccc32)CCN(C(=O)O)CC1. The molecular weight excluding hydrogens is 348 g/mol. The zero-order valence-corrected chi connectivity index (χ0v) is 14.9. The van der Waals surface area contributed by atoms with E-state index in [1.807, 2.05) is 0 Å². The first-order chi connectivity index (χ1) is 13.0. The van der Waals surface area contributed by atoms with Crippen LogP contribution in [0.2, 0.25) is 0 Å². The van der Waals surface area contributed by atoms with E-state index >= 15 is 0 Å². The van der Waals surface area contributed by atoms with Crippen LogP contribution in [0, 0.1) is 17.2 Å². The zero-order valence-electron chi connectivity index (χ0n) is 14.9. The number of amides is 1. The summed E-state index contributed by atoms with van der Waals surface area (Å²) in [5, 5.41) is 27.2. The van der Waals surface area contributed by atoms with Gasteiger partial charge in [0.15, 0.2) is 5.82 Å². The number of carbonyl (C=O) groups is 1. The van der Waals surface area contributed by atoms with Crippen molar-refractivity contribution in [2.45, 2.75) is 37.6 Å². The van der Waals surface area contributed by atoms with E-state index in [4.69, 9.17) is 5.10 Å². The number of anilines is 1. The third kappa shape index (κ3) is 3.12. The number of nitrogens with zero attached hydrogens (tertiary/aromatic N) is 4. The van der Waals surface area contributed by atoms with Crippen molar-refractivity contribution in [3.8, 4) is 6.07 Å². The molecule has 9 nitrogen and oxygen atoms in total. The monoisotopic (exact) mass is 370 g/mol. The largest absolute Gasteiger partial charge is 0.465 e. The first-order valence-corrected chi connectivity index (χ1v) is 9.24. The van der Waals surface area contributed by atoms with E-state index in [1.54, 1.807) is 16.9 Å². The molecule has 1 aliphatic heterocycles. The number of hydrogen-bond donors (Lipinski definition) is 3. The van der Waals surface area contributed by atoms with Gasteiger partial charge in [0.25, 0.3) is 5.56 Å². The molecule has 0 unspecified atom stereocenters. The second-order valence-electron chi connectivity index (χ2n) is 7.48. The number of aromatic amines is 1. The summed E-state index contributed by atoms with van der Waals surface area (Å²) in [4.78, 5) is 27.8. The average molecular weight is 370 g/mol. The number of nitriles is 1. The lowest BCUT2D eigenvalue weighted by atomic mass is 9.85. The third-order valence-corrected chi connectivity index (χ3v) is 5.68. The highest BCUT2D eigenvalue weighted by Gasteiger charge is 2.40. The minimum atomic E-state index is -0.950. The van der Waals surface area contributed by atoms with E-state index in [2.05, 4.69) is 16.4 Å². The predicted molar refractivity (Wildman–Crippen MR) is 98.6 cm³/mol. The van der Waals surface area contributed by atoms with Gasteiger partial charge >= 0.3 is 6.09 Å². The number of likely N-dealkylation sites (tertiary alicyclic amines) is 1. The number of pyridine rings is 1. The van der Waals surface area contributed by atoms with Crippen LogP contribution < -0.4 is 10.9 Å². The Morgan fingerprint density at radius 2 is 2.19 bits per heavy atom. The smallest absolute Gasteiger partial charge is 0.407 e. The number of aromatic nitrogens is 3. The molecule has 142 valence electrons. The van der Waals surface area contributed by atoms with Crippen molar-refractivity contribution < 1.29 is 9.90 Å². The maximum Gasteiger partial charge on any atom is 0.407 e. The Labute approximate surface area is 155 Å². The summed E-state index contributed by atoms with van der Waals surface area (Å²) in [7, 11) is 0. The van der Waals surface area contributed by atoms with Crippen LogP contribution in [0.3, 0.4) is 0 Å². The highest BCUT2D eigenvalue weighted by atomic mass is 16.4. The van der Waals surface area contributed by atoms with Crippen LogP contribution in [0.1, 0.15) is 32.1 Å². The van der Waals surface area contributed by atoms with Crippen LogP contribution in [-0.2, 0) is 5.54 Å². The van der Waals surface area contributed by atoms with E-state index < -0.39 is 11.6 Å². The number of rotatable bonds is 5. The van der Waals surface area contributed by atoms with Crippen LogP contribution in [0.15, 0.2) is 17.1 Å². The van der Waals surface area contributed by atoms with Crippen LogP contribution in [0.4, 0.5) is 10.6 Å². The van der Waals surface area contributed by atoms with E-state index in [0.717, 1.165) is 6.54 Å². The van der Waals surface area contributed by atoms with Gasteiger partial charge in [0.1, 0.15) is 5.39 Å². The van der Waals surface area contributed by atoms with Gasteiger partial charge in [-0.25, -0.2) is 4.79 Å². The summed E-state index contributed by atoms with van der Waals surface area (Å²) >= 11 is 0. The molecule has 2 aromatic heterocycles. The molecule has 27 heavy (non-hydrogen) atoms. The number of H-pyrrole nitrogens is 1. The number of fused-ring (bicyclic) bond motifs is 1. The first-order valence-electron chi connectivity index (χ1n) is 9.24. The van der Waals surface area contributed by atoms with Crippen molar-refractivity contribution in [3.63, 3.8) is 0 Å². The molecule has 3 heterocycles. The number of hydrogen-bond acceptors (Lipinski definition) is 5. The Balaban J connectivity index is 1.76. The molecule has 2 aliphatic rings. The molecule has 0 bridgehead atoms. The molecule has 0 aromatic carbocycles. The molecule has 9 heteroatoms. The van der Waals surface area contributed by atoms with Gasteiger partial charge in [-0.1, -0.05) is 0 Å². The van der Waals surface area contributed by atoms with Gasteiger partial charge in [0, 0.05) is 25.8 Å². The molecule has 1 saturated carbocycles. The molecule has 2 fully saturated rings. The molecule has 3 N–H and O–H groups in total. The van der Waals surface area contributed by atoms with E-state index in [0.29, 0.717) is 48.6 Å². The molecular formula is C18H22N6O3. The quantitative estimate of drug-likeness (QED) is 0.738. The fraction of sp³-hybridized carbons (Fsp3) is 0.556. The Morgan fingerprint density at radius 3 is 2.81 bits per heavy atom. The highest BCUT2D eigenvalue weighted by molar-refractivity contribution is 5.89. The number of piperidine rings is 1. The topological polar surface area (TPSA) is 127 Å². The van der Waals surface area contributed by atoms with Crippen LogP contribution in [0.25, 0.3) is 10.9 Å². The Bertz CT molecular complexity index is 960. The standard InChI is InChI=1S/C18H22N6O3/c19-7-4-18(5-9-23(10-6-18)17(26)27)24-13-3-8-20-16(25)14(13)15(22-24)21-11-12-1-2-12/h3,8,12H,1-2,4-6,9-11H2,(H,20,25)(H,21,22)(H,26,27). The predicted octanol–water partition coefficient (Wildman–Crippen LogP) is 1.93. The van der Waals surface area contributed by atoms with Gasteiger partial charge in [-0.05, 0) is 37.7 Å². The van der Waals surface area contributed by atoms with E-state index in [9.17, 15) is 20.0 Å². The summed E-state index contributed by atoms with van der Waals surface area (Å²) in [6.07, 6.45) is 4.19. The van der Waals surface area contributed by atoms with Gasteiger partial charge in [0.2, 0.25) is 0 Å². The van der Waals surface area contributed by atoms with Crippen molar-refractivity contribution in [2.24, 2.45) is 5.92 Å². The van der Waals surface area contributed by atoms with Crippen LogP contribution in [-0.4, -0.2) is 50.5 Å². The fourth-order valence-electron chi connectivity index (χ4n) is 3.85. The first kappa shape index (κ1) is 17.4. The van der Waals surface area contributed by atoms with Gasteiger partial charge in [-0.3, -0.25) is 9.48 Å². The fourth-order valence-corrected chi connectivity index (χ4v) is 3.85. The van der Waals surface area contributed by atoms with Gasteiger partial charge in [-0.2, -0.15) is 10.4 Å². The maximum absolute atomic E-state index is 12.5. The minimum absolute atomic E-state index is 0.214. The maximum atomic E-state index is 12.5. The molecule has 0 radical (unpaired) electrons. The van der Waals surface area contributed by atoms with Crippen molar-refractivity contribution >= 4 is 22.8 Å². The summed E-state index contributed by atoms with van der Waals surface area (Å²) in [6.45, 7) is 1.46. The van der Waals surface area contributed by atoms with Crippen molar-refractivity contribution in [3.05, 3.63) is 22.6 Å². The Morgan fingerprint density at radius 1 is 1.44 bits per heavy atom. The Hall–Kier alpha value is -3.02. The lowest BCUT2D eigenvalue weighted by Crippen LogP contribution is -2.48. The van der Waals surface area contributed by atoms with E-state index in [1.165, 1.54) is 17.7 Å². The van der Waals surface area contributed by atoms with Gasteiger partial charge < -0.3 is 20.3 Å². The molecule has 1 saturated heterocycles. The van der Waals surface area contributed by atoms with Crippen molar-refractivity contribution in [2.75, 3.05) is 25.0 Å². The zero-order chi connectivity index (χ0) is 19.0. The molecule has 0 spiro atoms. The normalized spacial score (nSPS) is 19.0. The summed E-state index contributed by atoms with van der Waals surface area (Å²) in [5.74, 6) is 1.16. The minimum Gasteiger partial charge on any atom is -0.465 e. The summed E-state index contributed by atoms with van der Waals surface area (Å²) in [5.41, 5.74) is -0.158. The van der Waals surface area contributed by atoms with Crippen LogP contribution >= 0.6 is 0 Å². The Kier molecular flexibility index (Phi) is 4.26. The van der Waals surface area contributed by atoms with Crippen molar-refractivity contribution in [1.82, 2.24) is 19.7 Å². The van der Waals surface area contributed by atoms with Gasteiger partial charge in [-0.15, -0.1) is 0 Å². The average Bonchev–Trinajstić information content (AvgIpc) is 3.40. The highest BCUT2D eigenvalue weighted by Crippen LogP contribution is 2.37. The second kappa shape index (κ2) is 6.61. The number of carboxylic acid groups (broad SMARTS) is 1. The lowest BCUT2D eigenvalue weighted by molar-refractivity contribution is 0.0912. The third-order valence-electron chi connectivity index (χ3n) is 5.68. The summed E-state index contributed by atoms with van der Waals surface area (Å²) < 4.78 is 1.79. The van der Waals surface area contributed by atoms with Crippen molar-refractivity contribution in [1.29, 1.82) is 5.26 Å². The molecule has 2 aromatic rings. The van der Waals surface area contributed by atoms with E-state index in [-0.39, 0.29) is 12.0 Å². The summed E-state index contributed by atoms with van der Waals surface area (Å²) in [6, 6.07) is 4.04. The lowest BCUT2D eigenvalue weighted by Gasteiger charge is -2.40. The molecule has 4 rings (SSSR count). The molecule has 1 aliphatic carbocycles. The number of nitrogens with one attached hydrogen (secondary N) is 2. The second-order valence-corrected chi connectivity index (χ2v) is 7.48. The van der Waals surface area contributed by atoms with Gasteiger partial charge in [0.05, 0.1) is 23.5 Å². The molecule has 1 amide bonds.